The van der Waals surface area contributed by atoms with Gasteiger partial charge in [0.1, 0.15) is 17.2 Å². The van der Waals surface area contributed by atoms with Gasteiger partial charge >= 0.3 is 0 Å². The molecule has 1 N–H and O–H groups in total. The van der Waals surface area contributed by atoms with Crippen molar-refractivity contribution in [2.75, 3.05) is 13.7 Å². The largest absolute Gasteiger partial charge is 0.494 e. The molecule has 32 heavy (non-hydrogen) atoms. The van der Waals surface area contributed by atoms with Crippen molar-refractivity contribution in [2.45, 2.75) is 11.8 Å². The summed E-state index contributed by atoms with van der Waals surface area (Å²) >= 11 is 0. The van der Waals surface area contributed by atoms with Crippen molar-refractivity contribution in [3.05, 3.63) is 66.7 Å². The molecule has 0 spiro atoms. The molecule has 0 aromatic heterocycles. The van der Waals surface area contributed by atoms with Gasteiger partial charge in [0.15, 0.2) is 0 Å². The molecule has 3 rings (SSSR count). The number of benzene rings is 3. The molecule has 0 saturated heterocycles. The second-order valence-corrected chi connectivity index (χ2v) is 7.58. The second kappa shape index (κ2) is 11.8. The summed E-state index contributed by atoms with van der Waals surface area (Å²) in [4.78, 5) is -0.258. The van der Waals surface area contributed by atoms with Gasteiger partial charge in [-0.15, -0.1) is 5.11 Å². The maximum Gasteiger partial charge on any atom is 0.294 e. The summed E-state index contributed by atoms with van der Waals surface area (Å²) in [5.41, 5.74) is 1.90. The van der Waals surface area contributed by atoms with Gasteiger partial charge < -0.3 is 9.47 Å². The molecule has 11 heteroatoms. The average Bonchev–Trinajstić information content (AvgIpc) is 2.77. The van der Waals surface area contributed by atoms with E-state index >= 15 is 0 Å². The fourth-order valence-corrected chi connectivity index (χ4v) is 3.04. The molecule has 0 fully saturated rings. The Morgan fingerprint density at radius 3 is 2.09 bits per heavy atom. The molecule has 0 unspecified atom stereocenters. The molecule has 0 saturated carbocycles. The van der Waals surface area contributed by atoms with Crippen LogP contribution in [0, 0.1) is 0 Å². The summed E-state index contributed by atoms with van der Waals surface area (Å²) in [7, 11) is -2.81. The first kappa shape index (κ1) is 25.6. The predicted octanol–water partition coefficient (Wildman–Crippen LogP) is 5.79. The van der Waals surface area contributed by atoms with Crippen LogP contribution in [0.1, 0.15) is 6.92 Å². The minimum absolute atomic E-state index is 0. The van der Waals surface area contributed by atoms with E-state index in [1.807, 2.05) is 19.1 Å². The van der Waals surface area contributed by atoms with Gasteiger partial charge in [-0.05, 0) is 61.5 Å². The monoisotopic (exact) mass is 463 g/mol. The van der Waals surface area contributed by atoms with Crippen LogP contribution in [-0.4, -0.2) is 56.2 Å². The number of methoxy groups -OCH3 is 1. The summed E-state index contributed by atoms with van der Waals surface area (Å²) in [5.74, 6) is 1.20. The van der Waals surface area contributed by atoms with Crippen LogP contribution < -0.4 is 9.47 Å². The van der Waals surface area contributed by atoms with Crippen molar-refractivity contribution >= 4 is 62.4 Å². The van der Waals surface area contributed by atoms with Gasteiger partial charge in [-0.3, -0.25) is 4.55 Å². The third-order valence-electron chi connectivity index (χ3n) is 3.98. The van der Waals surface area contributed by atoms with Gasteiger partial charge in [-0.2, -0.15) is 23.8 Å². The number of nitrogens with zero attached hydrogens (tertiary/aromatic N) is 4. The molecule has 0 bridgehead atoms. The first-order valence-corrected chi connectivity index (χ1v) is 10.6. The molecule has 0 heterocycles. The van der Waals surface area contributed by atoms with Crippen molar-refractivity contribution < 1.29 is 22.4 Å². The van der Waals surface area contributed by atoms with Crippen LogP contribution in [0.2, 0.25) is 0 Å². The van der Waals surface area contributed by atoms with Crippen LogP contribution >= 0.6 is 0 Å². The summed E-state index contributed by atoms with van der Waals surface area (Å²) < 4.78 is 42.3. The number of ether oxygens (including phenoxy) is 2. The molecule has 1 radical (unpaired) electrons. The Labute approximate surface area is 208 Å². The van der Waals surface area contributed by atoms with Crippen LogP contribution in [0.4, 0.5) is 22.7 Å². The third kappa shape index (κ3) is 7.21. The van der Waals surface area contributed by atoms with Crippen LogP contribution in [0.25, 0.3) is 0 Å². The molecule has 3 aromatic carbocycles. The molecule has 0 aliphatic carbocycles. The van der Waals surface area contributed by atoms with Crippen molar-refractivity contribution in [1.29, 1.82) is 0 Å². The first-order chi connectivity index (χ1) is 14.9. The van der Waals surface area contributed by atoms with Crippen molar-refractivity contribution in [1.82, 2.24) is 0 Å². The summed E-state index contributed by atoms with van der Waals surface area (Å²) in [6.07, 6.45) is 0. The number of hydrogen-bond acceptors (Lipinski definition) is 8. The van der Waals surface area contributed by atoms with E-state index in [4.69, 9.17) is 14.0 Å². The molecular formula is C21H20N4NaO5S. The van der Waals surface area contributed by atoms with E-state index in [0.29, 0.717) is 29.4 Å². The normalized spacial score (nSPS) is 11.5. The van der Waals surface area contributed by atoms with E-state index < -0.39 is 10.1 Å². The molecule has 9 nitrogen and oxygen atoms in total. The predicted molar refractivity (Wildman–Crippen MR) is 121 cm³/mol. The van der Waals surface area contributed by atoms with E-state index in [2.05, 4.69) is 20.5 Å². The van der Waals surface area contributed by atoms with Crippen molar-refractivity contribution in [3.8, 4) is 11.5 Å². The quantitative estimate of drug-likeness (QED) is 0.257. The van der Waals surface area contributed by atoms with Crippen LogP contribution in [-0.2, 0) is 10.1 Å². The smallest absolute Gasteiger partial charge is 0.294 e. The maximum absolute atomic E-state index is 11.2. The van der Waals surface area contributed by atoms with Gasteiger partial charge in [-0.25, -0.2) is 0 Å². The van der Waals surface area contributed by atoms with Gasteiger partial charge in [-0.1, -0.05) is 6.07 Å². The van der Waals surface area contributed by atoms with E-state index in [1.165, 1.54) is 25.3 Å². The van der Waals surface area contributed by atoms with E-state index in [0.717, 1.165) is 5.75 Å². The standard InChI is InChI=1S/C21H20N4O5S.Na/c1-3-30-18-10-7-15(8-11-18)22-25-20-12-9-17(14-21(20)29-2)24-23-16-5-4-6-19(13-16)31(26,27)28;/h4-14H,3H2,1-2H3,(H,26,27,28);. The average molecular weight is 463 g/mol. The zero-order valence-electron chi connectivity index (χ0n) is 17.8. The fourth-order valence-electron chi connectivity index (χ4n) is 2.52. The molecular weight excluding hydrogens is 443 g/mol. The minimum atomic E-state index is -4.31. The third-order valence-corrected chi connectivity index (χ3v) is 4.83. The SMILES string of the molecule is CCOc1ccc(N=Nc2ccc(N=Nc3cccc(S(=O)(=O)O)c3)cc2OC)cc1.[Na]. The van der Waals surface area contributed by atoms with Gasteiger partial charge in [0.2, 0.25) is 0 Å². The van der Waals surface area contributed by atoms with Gasteiger partial charge in [0.25, 0.3) is 10.1 Å². The van der Waals surface area contributed by atoms with E-state index in [-0.39, 0.29) is 40.1 Å². The molecule has 0 atom stereocenters. The Morgan fingerprint density at radius 1 is 0.844 bits per heavy atom. The van der Waals surface area contributed by atoms with Gasteiger partial charge in [0, 0.05) is 35.6 Å². The summed E-state index contributed by atoms with van der Waals surface area (Å²) in [6.45, 7) is 2.51. The number of hydrogen-bond donors (Lipinski definition) is 1. The summed E-state index contributed by atoms with van der Waals surface area (Å²) in [6, 6.07) is 17.7. The Kier molecular flexibility index (Phi) is 9.48. The second-order valence-electron chi connectivity index (χ2n) is 6.16. The Balaban J connectivity index is 0.00000363. The summed E-state index contributed by atoms with van der Waals surface area (Å²) in [5, 5.41) is 16.5. The van der Waals surface area contributed by atoms with Crippen molar-refractivity contribution in [2.24, 2.45) is 20.5 Å². The van der Waals surface area contributed by atoms with Crippen molar-refractivity contribution in [3.63, 3.8) is 0 Å². The van der Waals surface area contributed by atoms with Gasteiger partial charge in [0.05, 0.1) is 35.7 Å². The fraction of sp³-hybridized carbons (Fsp3) is 0.143. The zero-order valence-corrected chi connectivity index (χ0v) is 20.7. The first-order valence-electron chi connectivity index (χ1n) is 9.21. The topological polar surface area (TPSA) is 122 Å². The minimum Gasteiger partial charge on any atom is -0.494 e. The van der Waals surface area contributed by atoms with Crippen LogP contribution in [0.3, 0.4) is 0 Å². The Hall–Kier alpha value is -2.63. The molecule has 0 amide bonds. The zero-order chi connectivity index (χ0) is 22.3. The molecule has 0 aliphatic rings. The number of azo groups is 2. The molecule has 0 aliphatic heterocycles. The Morgan fingerprint density at radius 2 is 1.47 bits per heavy atom. The van der Waals surface area contributed by atoms with E-state index in [1.54, 1.807) is 36.4 Å². The van der Waals surface area contributed by atoms with E-state index in [9.17, 15) is 8.42 Å². The van der Waals surface area contributed by atoms with Crippen LogP contribution in [0.5, 0.6) is 11.5 Å². The number of rotatable bonds is 8. The Bertz CT molecular complexity index is 1220. The molecule has 161 valence electrons. The molecule has 3 aromatic rings. The maximum atomic E-state index is 11.2. The van der Waals surface area contributed by atoms with Crippen LogP contribution in [0.15, 0.2) is 92.1 Å².